The van der Waals surface area contributed by atoms with Crippen molar-refractivity contribution in [1.29, 1.82) is 0 Å². The zero-order valence-electron chi connectivity index (χ0n) is 11.2. The molecule has 0 aliphatic rings. The van der Waals surface area contributed by atoms with Crippen LogP contribution in [0, 0.1) is 13.8 Å². The predicted molar refractivity (Wildman–Crippen MR) is 79.6 cm³/mol. The number of hydrogen-bond acceptors (Lipinski definition) is 3. The molecule has 1 aromatic carbocycles. The number of benzene rings is 1. The fourth-order valence-electron chi connectivity index (χ4n) is 1.67. The summed E-state index contributed by atoms with van der Waals surface area (Å²) in [5.41, 5.74) is 5.96. The highest BCUT2D eigenvalue weighted by atomic mass is 35.5. The van der Waals surface area contributed by atoms with Crippen LogP contribution in [0.3, 0.4) is 0 Å². The number of halogens is 2. The normalized spacial score (nSPS) is 11.6. The SMILES string of the molecule is Cc1cc(Cl)c(C)c(S(=O)(=O)NCCCC(N)=O)c1Cl. The molecule has 0 heterocycles. The maximum atomic E-state index is 12.3. The van der Waals surface area contributed by atoms with Crippen LogP contribution < -0.4 is 10.5 Å². The number of aryl methyl sites for hydroxylation is 1. The molecule has 0 atom stereocenters. The number of carbonyl (C=O) groups excluding carboxylic acids is 1. The average Bonchev–Trinajstić information content (AvgIpc) is 2.32. The predicted octanol–water partition coefficient (Wildman–Crippen LogP) is 2.15. The van der Waals surface area contributed by atoms with Crippen molar-refractivity contribution >= 4 is 39.1 Å². The Bertz CT molecular complexity index is 604. The molecular formula is C12H16Cl2N2O3S. The molecular weight excluding hydrogens is 323 g/mol. The van der Waals surface area contributed by atoms with Crippen LogP contribution in [0.5, 0.6) is 0 Å². The molecule has 8 heteroatoms. The van der Waals surface area contributed by atoms with Gasteiger partial charge in [0, 0.05) is 18.0 Å². The molecule has 0 spiro atoms. The molecule has 0 aliphatic heterocycles. The van der Waals surface area contributed by atoms with Gasteiger partial charge < -0.3 is 5.73 Å². The molecule has 0 unspecified atom stereocenters. The average molecular weight is 339 g/mol. The van der Waals surface area contributed by atoms with Crippen molar-refractivity contribution in [2.75, 3.05) is 6.54 Å². The molecule has 1 amide bonds. The minimum atomic E-state index is -3.78. The van der Waals surface area contributed by atoms with Gasteiger partial charge in [0.2, 0.25) is 15.9 Å². The topological polar surface area (TPSA) is 89.3 Å². The van der Waals surface area contributed by atoms with Gasteiger partial charge in [-0.3, -0.25) is 4.79 Å². The lowest BCUT2D eigenvalue weighted by Gasteiger charge is -2.14. The fourth-order valence-corrected chi connectivity index (χ4v) is 3.96. The summed E-state index contributed by atoms with van der Waals surface area (Å²) >= 11 is 12.1. The Morgan fingerprint density at radius 1 is 1.35 bits per heavy atom. The maximum absolute atomic E-state index is 12.3. The number of nitrogens with two attached hydrogens (primary N) is 1. The smallest absolute Gasteiger partial charge is 0.242 e. The zero-order valence-corrected chi connectivity index (χ0v) is 13.5. The van der Waals surface area contributed by atoms with E-state index in [4.69, 9.17) is 28.9 Å². The highest BCUT2D eigenvalue weighted by molar-refractivity contribution is 7.89. The van der Waals surface area contributed by atoms with Crippen LogP contribution in [0.2, 0.25) is 10.0 Å². The van der Waals surface area contributed by atoms with Gasteiger partial charge in [0.1, 0.15) is 4.90 Å². The van der Waals surface area contributed by atoms with Crippen LogP contribution in [0.25, 0.3) is 0 Å². The third-order valence-electron chi connectivity index (χ3n) is 2.75. The summed E-state index contributed by atoms with van der Waals surface area (Å²) in [6.07, 6.45) is 0.439. The molecule has 0 bridgehead atoms. The second kappa shape index (κ2) is 6.76. The number of rotatable bonds is 6. The van der Waals surface area contributed by atoms with E-state index in [1.807, 2.05) is 0 Å². The second-order valence-corrected chi connectivity index (χ2v) is 6.90. The van der Waals surface area contributed by atoms with Crippen molar-refractivity contribution in [1.82, 2.24) is 4.72 Å². The van der Waals surface area contributed by atoms with Crippen LogP contribution >= 0.6 is 23.2 Å². The number of amides is 1. The summed E-state index contributed by atoms with van der Waals surface area (Å²) in [5.74, 6) is -0.475. The van der Waals surface area contributed by atoms with Gasteiger partial charge in [0.25, 0.3) is 0 Å². The lowest BCUT2D eigenvalue weighted by molar-refractivity contribution is -0.118. The van der Waals surface area contributed by atoms with Gasteiger partial charge in [0.05, 0.1) is 5.02 Å². The van der Waals surface area contributed by atoms with Crippen LogP contribution in [0.1, 0.15) is 24.0 Å². The van der Waals surface area contributed by atoms with E-state index in [0.717, 1.165) is 0 Å². The molecule has 0 radical (unpaired) electrons. The molecule has 3 N–H and O–H groups in total. The van der Waals surface area contributed by atoms with Crippen LogP contribution in [-0.2, 0) is 14.8 Å². The van der Waals surface area contributed by atoms with E-state index in [1.165, 1.54) is 0 Å². The van der Waals surface area contributed by atoms with Gasteiger partial charge in [-0.2, -0.15) is 0 Å². The molecule has 20 heavy (non-hydrogen) atoms. The summed E-state index contributed by atoms with van der Waals surface area (Å²) < 4.78 is 26.9. The van der Waals surface area contributed by atoms with Crippen LogP contribution in [0.4, 0.5) is 0 Å². The first-order valence-corrected chi connectivity index (χ1v) is 8.14. The van der Waals surface area contributed by atoms with Gasteiger partial charge in [-0.1, -0.05) is 23.2 Å². The molecule has 1 rings (SSSR count). The highest BCUT2D eigenvalue weighted by Crippen LogP contribution is 2.33. The summed E-state index contributed by atoms with van der Waals surface area (Å²) in [7, 11) is -3.78. The number of carbonyl (C=O) groups is 1. The first-order chi connectivity index (χ1) is 9.16. The number of sulfonamides is 1. The van der Waals surface area contributed by atoms with Gasteiger partial charge in [0.15, 0.2) is 0 Å². The largest absolute Gasteiger partial charge is 0.370 e. The highest BCUT2D eigenvalue weighted by Gasteiger charge is 2.23. The van der Waals surface area contributed by atoms with E-state index in [-0.39, 0.29) is 22.9 Å². The number of hydrogen-bond donors (Lipinski definition) is 2. The van der Waals surface area contributed by atoms with Crippen molar-refractivity contribution in [2.24, 2.45) is 5.73 Å². The number of primary amides is 1. The summed E-state index contributed by atoms with van der Waals surface area (Å²) in [6.45, 7) is 3.37. The fraction of sp³-hybridized carbons (Fsp3) is 0.417. The first kappa shape index (κ1) is 17.2. The van der Waals surface area contributed by atoms with E-state index < -0.39 is 15.9 Å². The maximum Gasteiger partial charge on any atom is 0.242 e. The molecule has 0 aromatic heterocycles. The summed E-state index contributed by atoms with van der Waals surface area (Å²) in [6, 6.07) is 1.62. The van der Waals surface area contributed by atoms with Crippen molar-refractivity contribution in [2.45, 2.75) is 31.6 Å². The lowest BCUT2D eigenvalue weighted by atomic mass is 10.2. The molecule has 0 saturated carbocycles. The third-order valence-corrected chi connectivity index (χ3v) is 5.37. The van der Waals surface area contributed by atoms with E-state index >= 15 is 0 Å². The van der Waals surface area contributed by atoms with E-state index in [2.05, 4.69) is 4.72 Å². The van der Waals surface area contributed by atoms with Crippen LogP contribution in [0.15, 0.2) is 11.0 Å². The van der Waals surface area contributed by atoms with Gasteiger partial charge in [-0.15, -0.1) is 0 Å². The van der Waals surface area contributed by atoms with E-state index in [9.17, 15) is 13.2 Å². The van der Waals surface area contributed by atoms with Gasteiger partial charge in [-0.25, -0.2) is 13.1 Å². The van der Waals surface area contributed by atoms with Crippen molar-refractivity contribution in [3.63, 3.8) is 0 Å². The molecule has 112 valence electrons. The molecule has 1 aromatic rings. The molecule has 0 aliphatic carbocycles. The summed E-state index contributed by atoms with van der Waals surface area (Å²) in [5, 5.41) is 0.485. The third kappa shape index (κ3) is 4.09. The Kier molecular flexibility index (Phi) is 5.82. The minimum Gasteiger partial charge on any atom is -0.370 e. The Labute approximate surface area is 128 Å². The van der Waals surface area contributed by atoms with E-state index in [1.54, 1.807) is 19.9 Å². The van der Waals surface area contributed by atoms with E-state index in [0.29, 0.717) is 22.6 Å². The Morgan fingerprint density at radius 3 is 2.50 bits per heavy atom. The molecule has 0 saturated heterocycles. The Balaban J connectivity index is 3.01. The molecule has 5 nitrogen and oxygen atoms in total. The quantitative estimate of drug-likeness (QED) is 0.778. The Hall–Kier alpha value is -0.820. The van der Waals surface area contributed by atoms with Crippen molar-refractivity contribution in [3.05, 3.63) is 27.2 Å². The zero-order chi connectivity index (χ0) is 15.5. The lowest BCUT2D eigenvalue weighted by Crippen LogP contribution is -2.27. The van der Waals surface area contributed by atoms with Crippen molar-refractivity contribution < 1.29 is 13.2 Å². The summed E-state index contributed by atoms with van der Waals surface area (Å²) in [4.78, 5) is 10.6. The number of nitrogens with one attached hydrogen (secondary N) is 1. The molecule has 0 fully saturated rings. The van der Waals surface area contributed by atoms with Crippen molar-refractivity contribution in [3.8, 4) is 0 Å². The standard InChI is InChI=1S/C12H16Cl2N2O3S/c1-7-6-9(13)8(2)12(11(7)14)20(18,19)16-5-3-4-10(15)17/h6,16H,3-5H2,1-2H3,(H2,15,17). The van der Waals surface area contributed by atoms with Gasteiger partial charge >= 0.3 is 0 Å². The monoisotopic (exact) mass is 338 g/mol. The first-order valence-electron chi connectivity index (χ1n) is 5.90. The second-order valence-electron chi connectivity index (χ2n) is 4.41. The van der Waals surface area contributed by atoms with Gasteiger partial charge in [-0.05, 0) is 37.5 Å². The Morgan fingerprint density at radius 2 is 1.95 bits per heavy atom. The van der Waals surface area contributed by atoms with Crippen LogP contribution in [-0.4, -0.2) is 20.9 Å². The minimum absolute atomic E-state index is 0.0248.